The summed E-state index contributed by atoms with van der Waals surface area (Å²) in [7, 11) is 0. The van der Waals surface area contributed by atoms with Gasteiger partial charge in [0, 0.05) is 11.3 Å². The Kier molecular flexibility index (Phi) is 3.61. The van der Waals surface area contributed by atoms with Crippen molar-refractivity contribution in [3.05, 3.63) is 0 Å². The topological polar surface area (TPSA) is 24.4 Å². The largest absolute Gasteiger partial charge is 0.360 e. The van der Waals surface area contributed by atoms with Crippen LogP contribution < -0.4 is 5.32 Å². The number of amidine groups is 1. The molecule has 2 saturated carbocycles. The number of aliphatic imine (C=N–C) groups is 1. The zero-order chi connectivity index (χ0) is 12.5. The van der Waals surface area contributed by atoms with Crippen LogP contribution in [0.15, 0.2) is 4.99 Å². The second-order valence-corrected chi connectivity index (χ2v) is 7.70. The number of nitrogens with one attached hydrogen (secondary N) is 1. The van der Waals surface area contributed by atoms with Crippen molar-refractivity contribution in [1.29, 1.82) is 0 Å². The van der Waals surface area contributed by atoms with Crippen LogP contribution in [0.3, 0.4) is 0 Å². The Morgan fingerprint density at radius 3 is 2.22 bits per heavy atom. The summed E-state index contributed by atoms with van der Waals surface area (Å²) in [5.41, 5.74) is 0.639. The van der Waals surface area contributed by atoms with E-state index in [1.54, 1.807) is 0 Å². The van der Waals surface area contributed by atoms with Crippen LogP contribution in [0.4, 0.5) is 0 Å². The van der Waals surface area contributed by atoms with E-state index >= 15 is 0 Å². The van der Waals surface area contributed by atoms with Crippen molar-refractivity contribution in [2.75, 3.05) is 5.75 Å². The van der Waals surface area contributed by atoms with Crippen LogP contribution in [0.5, 0.6) is 0 Å². The molecule has 3 aliphatic rings. The number of thioether (sulfide) groups is 1. The van der Waals surface area contributed by atoms with Crippen LogP contribution in [-0.2, 0) is 0 Å². The molecule has 0 atom stereocenters. The van der Waals surface area contributed by atoms with Gasteiger partial charge >= 0.3 is 0 Å². The van der Waals surface area contributed by atoms with Crippen LogP contribution >= 0.6 is 11.8 Å². The molecular weight excluding hydrogens is 240 g/mol. The first kappa shape index (κ1) is 12.8. The Morgan fingerprint density at radius 1 is 0.944 bits per heavy atom. The summed E-state index contributed by atoms with van der Waals surface area (Å²) in [5, 5.41) is 5.03. The van der Waals surface area contributed by atoms with Crippen LogP contribution in [0.25, 0.3) is 0 Å². The Hall–Kier alpha value is -0.180. The molecule has 1 aliphatic heterocycles. The fourth-order valence-corrected chi connectivity index (χ4v) is 5.06. The van der Waals surface area contributed by atoms with Gasteiger partial charge in [-0.25, -0.2) is 0 Å². The van der Waals surface area contributed by atoms with Gasteiger partial charge in [-0.3, -0.25) is 4.99 Å². The second-order valence-electron chi connectivity index (χ2n) is 6.74. The van der Waals surface area contributed by atoms with Crippen molar-refractivity contribution in [3.63, 3.8) is 0 Å². The van der Waals surface area contributed by atoms with Crippen LogP contribution in [0, 0.1) is 0 Å². The Labute approximate surface area is 115 Å². The molecule has 0 unspecified atom stereocenters. The van der Waals surface area contributed by atoms with Gasteiger partial charge in [0.15, 0.2) is 5.17 Å². The molecule has 3 rings (SSSR count). The summed E-state index contributed by atoms with van der Waals surface area (Å²) in [6.07, 6.45) is 13.6. The van der Waals surface area contributed by atoms with Crippen LogP contribution in [0.2, 0.25) is 0 Å². The van der Waals surface area contributed by atoms with E-state index in [2.05, 4.69) is 12.2 Å². The molecule has 0 aromatic heterocycles. The summed E-state index contributed by atoms with van der Waals surface area (Å²) < 4.78 is 0. The third-order valence-corrected chi connectivity index (χ3v) is 6.11. The predicted octanol–water partition coefficient (Wildman–Crippen LogP) is 4.10. The van der Waals surface area contributed by atoms with E-state index in [9.17, 15) is 0 Å². The van der Waals surface area contributed by atoms with Gasteiger partial charge in [0.2, 0.25) is 0 Å². The maximum absolute atomic E-state index is 5.09. The maximum atomic E-state index is 5.09. The summed E-state index contributed by atoms with van der Waals surface area (Å²) in [6.45, 7) is 2.39. The molecule has 1 heterocycles. The summed E-state index contributed by atoms with van der Waals surface area (Å²) in [4.78, 5) is 5.09. The van der Waals surface area contributed by atoms with E-state index < -0.39 is 0 Å². The van der Waals surface area contributed by atoms with E-state index in [0.717, 1.165) is 0 Å². The fraction of sp³-hybridized carbons (Fsp3) is 0.933. The van der Waals surface area contributed by atoms with Gasteiger partial charge in [-0.05, 0) is 32.6 Å². The van der Waals surface area contributed by atoms with Crippen molar-refractivity contribution in [1.82, 2.24) is 5.32 Å². The SMILES string of the molecule is CC1(NC2=NC3(CCCCC3)CS2)CCCCC1. The minimum atomic E-state index is 0.316. The Bertz CT molecular complexity index is 325. The first-order chi connectivity index (χ1) is 8.70. The van der Waals surface area contributed by atoms with Crippen molar-refractivity contribution in [2.24, 2.45) is 4.99 Å². The molecule has 0 radical (unpaired) electrons. The lowest BCUT2D eigenvalue weighted by atomic mass is 9.83. The molecule has 2 fully saturated rings. The van der Waals surface area contributed by atoms with Gasteiger partial charge < -0.3 is 5.32 Å². The number of nitrogens with zero attached hydrogens (tertiary/aromatic N) is 1. The molecular formula is C15H26N2S. The summed E-state index contributed by atoms with van der Waals surface area (Å²) >= 11 is 1.98. The molecule has 3 heteroatoms. The fourth-order valence-electron chi connectivity index (χ4n) is 3.73. The molecule has 18 heavy (non-hydrogen) atoms. The van der Waals surface area contributed by atoms with Gasteiger partial charge in [0.1, 0.15) is 0 Å². The zero-order valence-corrected chi connectivity index (χ0v) is 12.5. The van der Waals surface area contributed by atoms with E-state index in [1.165, 1.54) is 75.1 Å². The van der Waals surface area contributed by atoms with E-state index in [4.69, 9.17) is 4.99 Å². The van der Waals surface area contributed by atoms with Gasteiger partial charge in [-0.1, -0.05) is 50.3 Å². The molecule has 0 aromatic rings. The predicted molar refractivity (Wildman–Crippen MR) is 80.3 cm³/mol. The minimum Gasteiger partial charge on any atom is -0.360 e. The smallest absolute Gasteiger partial charge is 0.157 e. The molecule has 2 nitrogen and oxygen atoms in total. The van der Waals surface area contributed by atoms with Crippen LogP contribution in [-0.4, -0.2) is 22.0 Å². The number of rotatable bonds is 1. The van der Waals surface area contributed by atoms with Crippen molar-refractivity contribution in [2.45, 2.75) is 82.2 Å². The van der Waals surface area contributed by atoms with Gasteiger partial charge in [-0.15, -0.1) is 0 Å². The minimum absolute atomic E-state index is 0.316. The molecule has 0 bridgehead atoms. The van der Waals surface area contributed by atoms with Gasteiger partial charge in [0.05, 0.1) is 5.54 Å². The Balaban J connectivity index is 1.64. The summed E-state index contributed by atoms with van der Waals surface area (Å²) in [5.74, 6) is 1.23. The van der Waals surface area contributed by atoms with E-state index in [1.807, 2.05) is 11.8 Å². The molecule has 1 N–H and O–H groups in total. The van der Waals surface area contributed by atoms with Gasteiger partial charge in [0.25, 0.3) is 0 Å². The molecule has 1 spiro atoms. The van der Waals surface area contributed by atoms with E-state index in [0.29, 0.717) is 11.1 Å². The highest BCUT2D eigenvalue weighted by atomic mass is 32.2. The summed E-state index contributed by atoms with van der Waals surface area (Å²) in [6, 6.07) is 0. The quantitative estimate of drug-likeness (QED) is 0.772. The van der Waals surface area contributed by atoms with Crippen molar-refractivity contribution in [3.8, 4) is 0 Å². The standard InChI is InChI=1S/C15H26N2S/c1-14(8-4-2-5-9-14)16-13-17-15(12-18-13)10-6-3-7-11-15/h2-12H2,1H3,(H,16,17). The average Bonchev–Trinajstić information content (AvgIpc) is 2.73. The first-order valence-electron chi connectivity index (χ1n) is 7.71. The van der Waals surface area contributed by atoms with Gasteiger partial charge in [-0.2, -0.15) is 0 Å². The molecule has 2 aliphatic carbocycles. The van der Waals surface area contributed by atoms with Crippen molar-refractivity contribution >= 4 is 16.9 Å². The van der Waals surface area contributed by atoms with Crippen molar-refractivity contribution < 1.29 is 0 Å². The monoisotopic (exact) mass is 266 g/mol. The second kappa shape index (κ2) is 5.07. The first-order valence-corrected chi connectivity index (χ1v) is 8.69. The lowest BCUT2D eigenvalue weighted by molar-refractivity contribution is 0.290. The number of hydrogen-bond acceptors (Lipinski definition) is 3. The highest BCUT2D eigenvalue weighted by molar-refractivity contribution is 8.14. The molecule has 0 saturated heterocycles. The van der Waals surface area contributed by atoms with Crippen LogP contribution in [0.1, 0.15) is 71.1 Å². The molecule has 102 valence electrons. The third kappa shape index (κ3) is 2.71. The normalized spacial score (nSPS) is 30.2. The highest BCUT2D eigenvalue weighted by Gasteiger charge is 2.38. The zero-order valence-electron chi connectivity index (χ0n) is 11.6. The lowest BCUT2D eigenvalue weighted by Gasteiger charge is -2.35. The molecule has 0 amide bonds. The maximum Gasteiger partial charge on any atom is 0.157 e. The Morgan fingerprint density at radius 2 is 1.56 bits per heavy atom. The highest BCUT2D eigenvalue weighted by Crippen LogP contribution is 2.40. The number of hydrogen-bond donors (Lipinski definition) is 1. The average molecular weight is 266 g/mol. The third-order valence-electron chi connectivity index (χ3n) is 4.97. The lowest BCUT2D eigenvalue weighted by Crippen LogP contribution is -2.46. The molecule has 0 aromatic carbocycles. The van der Waals surface area contributed by atoms with E-state index in [-0.39, 0.29) is 0 Å².